The van der Waals surface area contributed by atoms with E-state index in [1.807, 2.05) is 91.0 Å². The molecule has 1 unspecified atom stereocenters. The molecule has 3 aromatic carbocycles. The lowest BCUT2D eigenvalue weighted by molar-refractivity contribution is -0.269. The smallest absolute Gasteiger partial charge is 0.265 e. The van der Waals surface area contributed by atoms with Crippen molar-refractivity contribution in [3.8, 4) is 0 Å². The molecule has 1 aliphatic rings. The van der Waals surface area contributed by atoms with Crippen molar-refractivity contribution < 1.29 is 23.7 Å². The molecule has 0 saturated carbocycles. The minimum Gasteiger partial charge on any atom is -0.448 e. The minimum absolute atomic E-state index is 0.0729. The van der Waals surface area contributed by atoms with Crippen LogP contribution in [0.25, 0.3) is 10.4 Å². The number of alkyl halides is 3. The van der Waals surface area contributed by atoms with E-state index in [0.717, 1.165) is 16.7 Å². The van der Waals surface area contributed by atoms with Crippen molar-refractivity contribution in [2.24, 2.45) is 5.11 Å². The highest BCUT2D eigenvalue weighted by atomic mass is 35.6. The van der Waals surface area contributed by atoms with Gasteiger partial charge in [0.05, 0.1) is 26.4 Å². The lowest BCUT2D eigenvalue weighted by Crippen LogP contribution is -2.61. The van der Waals surface area contributed by atoms with E-state index in [-0.39, 0.29) is 19.8 Å². The zero-order valence-corrected chi connectivity index (χ0v) is 24.2. The molecule has 3 aromatic rings. The fourth-order valence-corrected chi connectivity index (χ4v) is 4.42. The molecule has 1 saturated heterocycles. The van der Waals surface area contributed by atoms with E-state index in [0.29, 0.717) is 6.61 Å². The second-order valence-corrected chi connectivity index (χ2v) is 11.5. The molecule has 41 heavy (non-hydrogen) atoms. The van der Waals surface area contributed by atoms with Crippen LogP contribution in [0.3, 0.4) is 0 Å². The quantitative estimate of drug-likeness (QED) is 0.0577. The molecule has 1 aliphatic heterocycles. The molecule has 4 rings (SSSR count). The SMILES string of the molecule is [N-]=[N+]=N[C@H]1C(OC(=N)C(Cl)(Cl)Cl)O[C@H](COCc2ccccc2)[C@@H](OCc2ccccc2)[C@@H]1OCc1ccccc1. The highest BCUT2D eigenvalue weighted by molar-refractivity contribution is 6.76. The molecule has 0 spiro atoms. The maximum Gasteiger partial charge on any atom is 0.265 e. The predicted molar refractivity (Wildman–Crippen MR) is 157 cm³/mol. The van der Waals surface area contributed by atoms with Gasteiger partial charge in [-0.05, 0) is 22.2 Å². The first-order valence-electron chi connectivity index (χ1n) is 12.8. The Morgan fingerprint density at radius 1 is 0.805 bits per heavy atom. The average molecular weight is 620 g/mol. The van der Waals surface area contributed by atoms with Crippen LogP contribution in [0.15, 0.2) is 96.1 Å². The molecular weight excluding hydrogens is 591 g/mol. The summed E-state index contributed by atoms with van der Waals surface area (Å²) in [4.78, 5) is 2.99. The van der Waals surface area contributed by atoms with Crippen molar-refractivity contribution >= 4 is 40.7 Å². The van der Waals surface area contributed by atoms with Gasteiger partial charge in [-0.1, -0.05) is 131 Å². The van der Waals surface area contributed by atoms with Crippen LogP contribution in [0.2, 0.25) is 0 Å². The number of nitrogens with one attached hydrogen (secondary N) is 1. The summed E-state index contributed by atoms with van der Waals surface area (Å²) < 4.78 is 28.4. The van der Waals surface area contributed by atoms with Gasteiger partial charge in [-0.3, -0.25) is 5.41 Å². The van der Waals surface area contributed by atoms with Gasteiger partial charge in [0.1, 0.15) is 24.4 Å². The van der Waals surface area contributed by atoms with Gasteiger partial charge in [0.2, 0.25) is 12.2 Å². The van der Waals surface area contributed by atoms with Gasteiger partial charge in [-0.25, -0.2) is 0 Å². The summed E-state index contributed by atoms with van der Waals surface area (Å²) in [6.07, 6.45) is -3.72. The maximum atomic E-state index is 9.46. The minimum atomic E-state index is -2.16. The molecular formula is C29H29Cl3N4O5. The van der Waals surface area contributed by atoms with Crippen molar-refractivity contribution in [2.45, 2.75) is 54.3 Å². The third-order valence-electron chi connectivity index (χ3n) is 6.26. The van der Waals surface area contributed by atoms with Gasteiger partial charge in [0.25, 0.3) is 3.79 Å². The Morgan fingerprint density at radius 2 is 1.29 bits per heavy atom. The Kier molecular flexibility index (Phi) is 11.7. The molecule has 1 heterocycles. The molecule has 9 nitrogen and oxygen atoms in total. The fourth-order valence-electron chi connectivity index (χ4n) is 4.28. The highest BCUT2D eigenvalue weighted by Crippen LogP contribution is 2.34. The van der Waals surface area contributed by atoms with Gasteiger partial charge in [-0.15, -0.1) is 0 Å². The predicted octanol–water partition coefficient (Wildman–Crippen LogP) is 7.14. The van der Waals surface area contributed by atoms with E-state index in [1.165, 1.54) is 0 Å². The Hall–Kier alpha value is -2.85. The largest absolute Gasteiger partial charge is 0.448 e. The third kappa shape index (κ3) is 9.33. The Balaban J connectivity index is 1.63. The van der Waals surface area contributed by atoms with Crippen LogP contribution < -0.4 is 0 Å². The number of ether oxygens (including phenoxy) is 5. The number of halogens is 3. The van der Waals surface area contributed by atoms with Crippen molar-refractivity contribution in [2.75, 3.05) is 6.61 Å². The zero-order chi connectivity index (χ0) is 29.1. The summed E-state index contributed by atoms with van der Waals surface area (Å²) in [5, 5.41) is 12.0. The van der Waals surface area contributed by atoms with Crippen LogP contribution in [0.4, 0.5) is 0 Å². The molecule has 0 radical (unpaired) electrons. The third-order valence-corrected chi connectivity index (χ3v) is 6.77. The number of azide groups is 1. The molecule has 1 fully saturated rings. The van der Waals surface area contributed by atoms with E-state index in [2.05, 4.69) is 10.0 Å². The summed E-state index contributed by atoms with van der Waals surface area (Å²) in [6, 6.07) is 27.7. The van der Waals surface area contributed by atoms with Crippen molar-refractivity contribution in [3.63, 3.8) is 0 Å². The first-order chi connectivity index (χ1) is 19.8. The summed E-state index contributed by atoms with van der Waals surface area (Å²) in [6.45, 7) is 0.800. The lowest BCUT2D eigenvalue weighted by Gasteiger charge is -2.44. The normalized spacial score (nSPS) is 22.5. The van der Waals surface area contributed by atoms with Gasteiger partial charge in [-0.2, -0.15) is 0 Å². The van der Waals surface area contributed by atoms with Gasteiger partial charge in [0, 0.05) is 4.91 Å². The molecule has 5 atom stereocenters. The topological polar surface area (TPSA) is 119 Å². The van der Waals surface area contributed by atoms with Crippen LogP contribution in [0.1, 0.15) is 16.7 Å². The van der Waals surface area contributed by atoms with Crippen LogP contribution in [0.5, 0.6) is 0 Å². The Labute approximate surface area is 253 Å². The van der Waals surface area contributed by atoms with E-state index < -0.39 is 40.3 Å². The second kappa shape index (κ2) is 15.4. The summed E-state index contributed by atoms with van der Waals surface area (Å²) >= 11 is 17.6. The summed E-state index contributed by atoms with van der Waals surface area (Å²) in [7, 11) is 0. The van der Waals surface area contributed by atoms with E-state index in [9.17, 15) is 5.53 Å². The van der Waals surface area contributed by atoms with E-state index >= 15 is 0 Å². The molecule has 216 valence electrons. The number of hydrogen-bond acceptors (Lipinski definition) is 7. The maximum absolute atomic E-state index is 9.46. The lowest BCUT2D eigenvalue weighted by atomic mass is 9.96. The zero-order valence-electron chi connectivity index (χ0n) is 21.9. The Morgan fingerprint density at radius 3 is 1.78 bits per heavy atom. The number of nitrogens with zero attached hydrogens (tertiary/aromatic N) is 3. The molecule has 0 amide bonds. The molecule has 12 heteroatoms. The molecule has 0 aliphatic carbocycles. The number of benzene rings is 3. The monoisotopic (exact) mass is 618 g/mol. The summed E-state index contributed by atoms with van der Waals surface area (Å²) in [5.41, 5.74) is 12.2. The van der Waals surface area contributed by atoms with E-state index in [4.69, 9.17) is 63.9 Å². The fraction of sp³-hybridized carbons (Fsp3) is 0.345. The van der Waals surface area contributed by atoms with Crippen molar-refractivity contribution in [3.05, 3.63) is 118 Å². The van der Waals surface area contributed by atoms with Crippen LogP contribution in [-0.4, -0.2) is 46.9 Å². The van der Waals surface area contributed by atoms with Gasteiger partial charge >= 0.3 is 0 Å². The average Bonchev–Trinajstić information content (AvgIpc) is 2.98. The first-order valence-corrected chi connectivity index (χ1v) is 13.9. The standard InChI is InChI=1S/C29H29Cl3N4O5/c30-29(31,32)28(33)41-27-24(35-36-34)26(39-18-22-14-8-3-9-15-22)25(38-17-21-12-6-2-7-13-21)23(40-27)19-37-16-20-10-4-1-5-11-20/h1-15,23-27,33H,16-19H2/t23-,24-,25-,26-,27?/m1/s1. The van der Waals surface area contributed by atoms with Crippen molar-refractivity contribution in [1.29, 1.82) is 5.41 Å². The molecule has 1 N–H and O–H groups in total. The Bertz CT molecular complexity index is 1280. The summed E-state index contributed by atoms with van der Waals surface area (Å²) in [5.74, 6) is -0.694. The highest BCUT2D eigenvalue weighted by Gasteiger charge is 2.50. The molecule has 0 aromatic heterocycles. The molecule has 0 bridgehead atoms. The second-order valence-electron chi connectivity index (χ2n) is 9.21. The van der Waals surface area contributed by atoms with Crippen LogP contribution >= 0.6 is 34.8 Å². The van der Waals surface area contributed by atoms with Crippen LogP contribution in [-0.2, 0) is 43.5 Å². The first kappa shape index (κ1) is 31.1. The van der Waals surface area contributed by atoms with E-state index in [1.54, 1.807) is 0 Å². The van der Waals surface area contributed by atoms with Gasteiger partial charge in [0.15, 0.2) is 0 Å². The number of hydrogen-bond donors (Lipinski definition) is 1. The van der Waals surface area contributed by atoms with Crippen LogP contribution in [0, 0.1) is 5.41 Å². The van der Waals surface area contributed by atoms with Gasteiger partial charge < -0.3 is 23.7 Å². The number of rotatable bonds is 12. The van der Waals surface area contributed by atoms with Crippen molar-refractivity contribution in [1.82, 2.24) is 0 Å².